The number of aromatic nitrogens is 3. The molecular weight excluding hydrogens is 324 g/mol. The van der Waals surface area contributed by atoms with Crippen molar-refractivity contribution in [1.29, 1.82) is 0 Å². The minimum Gasteiger partial charge on any atom is -0.382 e. The molecule has 134 valence electrons. The molecule has 0 spiro atoms. The van der Waals surface area contributed by atoms with Crippen LogP contribution in [0.1, 0.15) is 49.7 Å². The van der Waals surface area contributed by atoms with Crippen LogP contribution in [-0.2, 0) is 16.4 Å². The van der Waals surface area contributed by atoms with Gasteiger partial charge < -0.3 is 10.3 Å². The number of rotatable bonds is 8. The van der Waals surface area contributed by atoms with Crippen LogP contribution in [0.15, 0.2) is 0 Å². The molecule has 0 aliphatic rings. The third kappa shape index (κ3) is 4.06. The maximum atomic E-state index is 11.9. The van der Waals surface area contributed by atoms with Crippen molar-refractivity contribution in [3.05, 3.63) is 17.1 Å². The zero-order valence-electron chi connectivity index (χ0n) is 15.1. The maximum Gasteiger partial charge on any atom is 0.151 e. The summed E-state index contributed by atoms with van der Waals surface area (Å²) < 4.78 is 26.0. The summed E-state index contributed by atoms with van der Waals surface area (Å²) in [6.07, 6.45) is 3.13. The fourth-order valence-corrected chi connectivity index (χ4v) is 4.52. The molecule has 2 rings (SSSR count). The van der Waals surface area contributed by atoms with Crippen molar-refractivity contribution in [1.82, 2.24) is 14.5 Å². The molecular formula is C17H28N4O2S. The van der Waals surface area contributed by atoms with Crippen LogP contribution in [0.4, 0.5) is 5.82 Å². The minimum atomic E-state index is -2.91. The van der Waals surface area contributed by atoms with E-state index in [1.807, 2.05) is 27.7 Å². The lowest BCUT2D eigenvalue weighted by molar-refractivity contribution is 0.580. The molecule has 0 aliphatic carbocycles. The molecule has 0 atom stereocenters. The van der Waals surface area contributed by atoms with Crippen molar-refractivity contribution in [3.8, 4) is 0 Å². The maximum absolute atomic E-state index is 11.9. The molecule has 24 heavy (non-hydrogen) atoms. The Morgan fingerprint density at radius 2 is 1.71 bits per heavy atom. The first-order valence-electron chi connectivity index (χ1n) is 8.56. The van der Waals surface area contributed by atoms with Crippen LogP contribution in [0.3, 0.4) is 0 Å². The van der Waals surface area contributed by atoms with E-state index in [1.165, 1.54) is 0 Å². The number of hydrogen-bond donors (Lipinski definition) is 1. The van der Waals surface area contributed by atoms with E-state index >= 15 is 0 Å². The number of fused-ring (bicyclic) bond motifs is 1. The summed E-state index contributed by atoms with van der Waals surface area (Å²) in [5.41, 5.74) is 9.75. The quantitative estimate of drug-likeness (QED) is 0.738. The van der Waals surface area contributed by atoms with Crippen molar-refractivity contribution in [2.45, 2.75) is 59.9 Å². The summed E-state index contributed by atoms with van der Waals surface area (Å²) in [5.74, 6) is 1.91. The molecule has 0 fully saturated rings. The van der Waals surface area contributed by atoms with Crippen molar-refractivity contribution in [2.75, 3.05) is 17.2 Å². The van der Waals surface area contributed by atoms with Crippen LogP contribution in [-0.4, -0.2) is 34.5 Å². The van der Waals surface area contributed by atoms with E-state index in [-0.39, 0.29) is 5.75 Å². The van der Waals surface area contributed by atoms with E-state index in [1.54, 1.807) is 0 Å². The molecule has 0 aliphatic heterocycles. The zero-order valence-corrected chi connectivity index (χ0v) is 15.9. The van der Waals surface area contributed by atoms with E-state index in [0.717, 1.165) is 53.9 Å². The van der Waals surface area contributed by atoms with E-state index in [9.17, 15) is 8.42 Å². The van der Waals surface area contributed by atoms with Crippen molar-refractivity contribution < 1.29 is 8.42 Å². The molecule has 0 amide bonds. The first kappa shape index (κ1) is 18.7. The Hall–Kier alpha value is -1.63. The summed E-state index contributed by atoms with van der Waals surface area (Å²) >= 11 is 0. The van der Waals surface area contributed by atoms with Crippen LogP contribution in [0.5, 0.6) is 0 Å². The molecule has 0 aromatic carbocycles. The van der Waals surface area contributed by atoms with E-state index in [2.05, 4.69) is 14.5 Å². The third-order valence-corrected chi connectivity index (χ3v) is 6.30. The molecule has 0 saturated heterocycles. The molecule has 0 saturated carbocycles. The molecule has 6 nitrogen and oxygen atoms in total. The number of aryl methyl sites for hydroxylation is 4. The van der Waals surface area contributed by atoms with Crippen molar-refractivity contribution in [2.24, 2.45) is 0 Å². The average molecular weight is 353 g/mol. The molecule has 0 bridgehead atoms. The predicted octanol–water partition coefficient (Wildman–Crippen LogP) is 2.93. The van der Waals surface area contributed by atoms with Crippen molar-refractivity contribution in [3.63, 3.8) is 0 Å². The van der Waals surface area contributed by atoms with Gasteiger partial charge in [-0.15, -0.1) is 0 Å². The SMILES string of the molecule is CCCCS(=O)(=O)CCCCn1c(C)nc2c(N)nc(C)c(C)c21. The number of nitrogens with zero attached hydrogens (tertiary/aromatic N) is 3. The van der Waals surface area contributed by atoms with Gasteiger partial charge in [0.2, 0.25) is 0 Å². The Labute approximate surface area is 144 Å². The van der Waals surface area contributed by atoms with E-state index < -0.39 is 9.84 Å². The fourth-order valence-electron chi connectivity index (χ4n) is 2.94. The van der Waals surface area contributed by atoms with Gasteiger partial charge in [0.05, 0.1) is 17.0 Å². The third-order valence-electron chi connectivity index (χ3n) is 4.48. The Kier molecular flexibility index (Phi) is 5.85. The van der Waals surface area contributed by atoms with Crippen LogP contribution in [0, 0.1) is 20.8 Å². The predicted molar refractivity (Wildman–Crippen MR) is 98.9 cm³/mol. The molecule has 2 aromatic heterocycles. The Morgan fingerprint density at radius 3 is 2.38 bits per heavy atom. The van der Waals surface area contributed by atoms with Crippen LogP contribution >= 0.6 is 0 Å². The lowest BCUT2D eigenvalue weighted by atomic mass is 10.2. The summed E-state index contributed by atoms with van der Waals surface area (Å²) in [4.78, 5) is 8.88. The first-order chi connectivity index (χ1) is 11.3. The topological polar surface area (TPSA) is 90.9 Å². The fraction of sp³-hybridized carbons (Fsp3) is 0.647. The van der Waals surface area contributed by atoms with Gasteiger partial charge in [-0.25, -0.2) is 18.4 Å². The van der Waals surface area contributed by atoms with E-state index in [4.69, 9.17) is 5.73 Å². The van der Waals surface area contributed by atoms with Gasteiger partial charge in [0.1, 0.15) is 21.2 Å². The second-order valence-electron chi connectivity index (χ2n) is 6.43. The normalized spacial score (nSPS) is 12.2. The lowest BCUT2D eigenvalue weighted by Gasteiger charge is -2.10. The van der Waals surface area contributed by atoms with Gasteiger partial charge in [0.15, 0.2) is 5.82 Å². The minimum absolute atomic E-state index is 0.264. The van der Waals surface area contributed by atoms with Gasteiger partial charge in [-0.2, -0.15) is 0 Å². The first-order valence-corrected chi connectivity index (χ1v) is 10.4. The molecule has 2 aromatic rings. The second kappa shape index (κ2) is 7.51. The van der Waals surface area contributed by atoms with Gasteiger partial charge in [-0.1, -0.05) is 13.3 Å². The molecule has 7 heteroatoms. The van der Waals surface area contributed by atoms with Gasteiger partial charge >= 0.3 is 0 Å². The summed E-state index contributed by atoms with van der Waals surface area (Å²) in [6, 6.07) is 0. The highest BCUT2D eigenvalue weighted by Gasteiger charge is 2.16. The number of sulfone groups is 1. The van der Waals surface area contributed by atoms with Crippen LogP contribution in [0.2, 0.25) is 0 Å². The zero-order chi connectivity index (χ0) is 17.9. The number of imidazole rings is 1. The largest absolute Gasteiger partial charge is 0.382 e. The summed E-state index contributed by atoms with van der Waals surface area (Å²) in [5, 5.41) is 0. The number of nitrogen functional groups attached to an aromatic ring is 1. The number of nitrogens with two attached hydrogens (primary N) is 1. The van der Waals surface area contributed by atoms with E-state index in [0.29, 0.717) is 18.0 Å². The molecule has 2 heterocycles. The Balaban J connectivity index is 2.10. The molecule has 0 radical (unpaired) electrons. The second-order valence-corrected chi connectivity index (χ2v) is 8.73. The monoisotopic (exact) mass is 352 g/mol. The van der Waals surface area contributed by atoms with Crippen molar-refractivity contribution >= 4 is 26.7 Å². The highest BCUT2D eigenvalue weighted by molar-refractivity contribution is 7.91. The number of anilines is 1. The average Bonchev–Trinajstić information content (AvgIpc) is 2.85. The summed E-state index contributed by atoms with van der Waals surface area (Å²) in [7, 11) is -2.91. The van der Waals surface area contributed by atoms with Gasteiger partial charge in [0.25, 0.3) is 0 Å². The molecule has 2 N–H and O–H groups in total. The van der Waals surface area contributed by atoms with Crippen LogP contribution < -0.4 is 5.73 Å². The highest BCUT2D eigenvalue weighted by Crippen LogP contribution is 2.26. The van der Waals surface area contributed by atoms with Gasteiger partial charge in [0, 0.05) is 12.2 Å². The Morgan fingerprint density at radius 1 is 1.04 bits per heavy atom. The highest BCUT2D eigenvalue weighted by atomic mass is 32.2. The number of hydrogen-bond acceptors (Lipinski definition) is 5. The van der Waals surface area contributed by atoms with Gasteiger partial charge in [-0.3, -0.25) is 0 Å². The number of unbranched alkanes of at least 4 members (excludes halogenated alkanes) is 2. The number of pyridine rings is 1. The lowest BCUT2D eigenvalue weighted by Crippen LogP contribution is -2.12. The smallest absolute Gasteiger partial charge is 0.151 e. The van der Waals surface area contributed by atoms with Gasteiger partial charge in [-0.05, 0) is 45.6 Å². The standard InChI is InChI=1S/C17H28N4O2S/c1-5-6-10-24(22,23)11-8-7-9-21-14(4)20-15-16(21)12(2)13(3)19-17(15)18/h5-11H2,1-4H3,(H2,18,19). The summed E-state index contributed by atoms with van der Waals surface area (Å²) in [6.45, 7) is 8.67. The Bertz CT molecular complexity index is 825. The van der Waals surface area contributed by atoms with Crippen LogP contribution in [0.25, 0.3) is 11.0 Å². The molecule has 0 unspecified atom stereocenters.